The van der Waals surface area contributed by atoms with Crippen molar-refractivity contribution in [3.8, 4) is 0 Å². The first-order valence-corrected chi connectivity index (χ1v) is 13.2. The van der Waals surface area contributed by atoms with Gasteiger partial charge in [-0.3, -0.25) is 9.10 Å². The van der Waals surface area contributed by atoms with E-state index < -0.39 is 28.4 Å². The lowest BCUT2D eigenvalue weighted by Gasteiger charge is -2.24. The molecule has 7 nitrogen and oxygen atoms in total. The lowest BCUT2D eigenvalue weighted by Crippen LogP contribution is -2.38. The monoisotopic (exact) mass is 518 g/mol. The van der Waals surface area contributed by atoms with Gasteiger partial charge in [0.25, 0.3) is 10.0 Å². The van der Waals surface area contributed by atoms with Gasteiger partial charge in [-0.2, -0.15) is 0 Å². The van der Waals surface area contributed by atoms with Crippen molar-refractivity contribution in [2.75, 3.05) is 23.3 Å². The van der Waals surface area contributed by atoms with Crippen LogP contribution in [0.1, 0.15) is 32.8 Å². The van der Waals surface area contributed by atoms with Crippen LogP contribution in [-0.2, 0) is 32.4 Å². The molecule has 0 atom stereocenters. The molecule has 1 amide bonds. The first-order valence-electron chi connectivity index (χ1n) is 10.6. The van der Waals surface area contributed by atoms with E-state index in [4.69, 9.17) is 16.3 Å². The fraction of sp³-hybridized carbons (Fsp3) is 0.250. The van der Waals surface area contributed by atoms with Crippen LogP contribution in [0.5, 0.6) is 0 Å². The largest absolute Gasteiger partial charge is 0.465 e. The molecule has 0 aliphatic heterocycles. The van der Waals surface area contributed by atoms with Crippen molar-refractivity contribution in [1.82, 2.24) is 0 Å². The van der Waals surface area contributed by atoms with Crippen molar-refractivity contribution in [2.24, 2.45) is 0 Å². The molecule has 0 saturated carbocycles. The Balaban J connectivity index is 1.67. The number of fused-ring (bicyclic) bond motifs is 1. The third-order valence-corrected chi connectivity index (χ3v) is 8.79. The lowest BCUT2D eigenvalue weighted by molar-refractivity contribution is -0.114. The van der Waals surface area contributed by atoms with E-state index in [1.165, 1.54) is 42.7 Å². The molecule has 4 rings (SSSR count). The summed E-state index contributed by atoms with van der Waals surface area (Å²) in [6.07, 6.45) is 2.52. The van der Waals surface area contributed by atoms with Crippen LogP contribution in [0.25, 0.3) is 0 Å². The second-order valence-corrected chi connectivity index (χ2v) is 11.3. The molecule has 1 aromatic heterocycles. The molecule has 1 aliphatic rings. The molecule has 178 valence electrons. The minimum Gasteiger partial charge on any atom is -0.465 e. The number of aryl methyl sites for hydroxylation is 2. The summed E-state index contributed by atoms with van der Waals surface area (Å²) in [4.78, 5) is 26.6. The van der Waals surface area contributed by atoms with E-state index in [-0.39, 0.29) is 4.90 Å². The standard InChI is InChI=1S/C24H23ClN2O5S2/c1-15-5-3-6-17(13-15)27(34(30,31)18-11-9-16(25)10-12-18)14-21(28)26-23-22(24(29)32-2)19-7-4-8-20(19)33-23/h3,5-6,9-13H,4,7-8,14H2,1-2H3,(H,26,28). The molecule has 2 aromatic carbocycles. The van der Waals surface area contributed by atoms with E-state index in [1.54, 1.807) is 18.2 Å². The SMILES string of the molecule is COC(=O)c1c(NC(=O)CN(c2cccc(C)c2)S(=O)(=O)c2ccc(Cl)cc2)sc2c1CCC2. The minimum atomic E-state index is -4.08. The van der Waals surface area contributed by atoms with Crippen LogP contribution < -0.4 is 9.62 Å². The number of esters is 1. The number of carbonyl (C=O) groups is 2. The average Bonchev–Trinajstić information content (AvgIpc) is 3.38. The van der Waals surface area contributed by atoms with E-state index in [9.17, 15) is 18.0 Å². The smallest absolute Gasteiger partial charge is 0.341 e. The third-order valence-electron chi connectivity index (χ3n) is 5.54. The van der Waals surface area contributed by atoms with Crippen LogP contribution in [-0.4, -0.2) is 33.9 Å². The highest BCUT2D eigenvalue weighted by molar-refractivity contribution is 7.92. The number of carbonyl (C=O) groups excluding carboxylic acids is 2. The Kier molecular flexibility index (Phi) is 6.97. The Morgan fingerprint density at radius 2 is 1.88 bits per heavy atom. The topological polar surface area (TPSA) is 92.8 Å². The van der Waals surface area contributed by atoms with E-state index in [0.717, 1.165) is 39.6 Å². The van der Waals surface area contributed by atoms with Gasteiger partial charge in [-0.25, -0.2) is 13.2 Å². The van der Waals surface area contributed by atoms with Crippen molar-refractivity contribution in [3.63, 3.8) is 0 Å². The first kappa shape index (κ1) is 24.3. The van der Waals surface area contributed by atoms with E-state index in [0.29, 0.717) is 21.3 Å². The summed E-state index contributed by atoms with van der Waals surface area (Å²) in [7, 11) is -2.78. The molecule has 34 heavy (non-hydrogen) atoms. The van der Waals surface area contributed by atoms with Gasteiger partial charge in [-0.05, 0) is 73.7 Å². The Labute approximate surface area is 207 Å². The molecule has 0 spiro atoms. The fourth-order valence-electron chi connectivity index (χ4n) is 3.94. The van der Waals surface area contributed by atoms with Gasteiger partial charge in [0, 0.05) is 9.90 Å². The highest BCUT2D eigenvalue weighted by atomic mass is 35.5. The zero-order chi connectivity index (χ0) is 24.5. The number of benzene rings is 2. The van der Waals surface area contributed by atoms with Crippen LogP contribution in [0.2, 0.25) is 5.02 Å². The number of halogens is 1. The van der Waals surface area contributed by atoms with Crippen molar-refractivity contribution >= 4 is 55.5 Å². The molecule has 0 radical (unpaired) electrons. The molecule has 0 unspecified atom stereocenters. The van der Waals surface area contributed by atoms with E-state index in [1.807, 2.05) is 13.0 Å². The van der Waals surface area contributed by atoms with Gasteiger partial charge in [0.1, 0.15) is 11.5 Å². The molecule has 1 N–H and O–H groups in total. The van der Waals surface area contributed by atoms with Crippen LogP contribution >= 0.6 is 22.9 Å². The average molecular weight is 519 g/mol. The van der Waals surface area contributed by atoms with Crippen LogP contribution in [0.4, 0.5) is 10.7 Å². The number of methoxy groups -OCH3 is 1. The summed E-state index contributed by atoms with van der Waals surface area (Å²) < 4.78 is 33.0. The highest BCUT2D eigenvalue weighted by Crippen LogP contribution is 2.39. The van der Waals surface area contributed by atoms with Gasteiger partial charge >= 0.3 is 5.97 Å². The molecule has 0 fully saturated rings. The number of sulfonamides is 1. The summed E-state index contributed by atoms with van der Waals surface area (Å²) in [6, 6.07) is 12.7. The lowest BCUT2D eigenvalue weighted by atomic mass is 10.1. The molecule has 0 saturated heterocycles. The Morgan fingerprint density at radius 3 is 2.56 bits per heavy atom. The fourth-order valence-corrected chi connectivity index (χ4v) is 6.77. The Bertz CT molecular complexity index is 1350. The first-order chi connectivity index (χ1) is 16.2. The molecule has 1 heterocycles. The van der Waals surface area contributed by atoms with Gasteiger partial charge in [-0.1, -0.05) is 23.7 Å². The minimum absolute atomic E-state index is 0.0107. The van der Waals surface area contributed by atoms with Gasteiger partial charge in [0.15, 0.2) is 0 Å². The maximum Gasteiger partial charge on any atom is 0.341 e. The maximum atomic E-state index is 13.5. The van der Waals surface area contributed by atoms with Crippen molar-refractivity contribution < 1.29 is 22.7 Å². The summed E-state index contributed by atoms with van der Waals surface area (Å²) >= 11 is 7.26. The second kappa shape index (κ2) is 9.77. The molecule has 1 aliphatic carbocycles. The quantitative estimate of drug-likeness (QED) is 0.453. The maximum absolute atomic E-state index is 13.5. The van der Waals surface area contributed by atoms with Crippen molar-refractivity contribution in [2.45, 2.75) is 31.1 Å². The number of hydrogen-bond donors (Lipinski definition) is 1. The number of nitrogens with zero attached hydrogens (tertiary/aromatic N) is 1. The number of ether oxygens (including phenoxy) is 1. The Hall–Kier alpha value is -2.88. The highest BCUT2D eigenvalue weighted by Gasteiger charge is 2.31. The van der Waals surface area contributed by atoms with Crippen LogP contribution in [0.15, 0.2) is 53.4 Å². The molecular weight excluding hydrogens is 496 g/mol. The summed E-state index contributed by atoms with van der Waals surface area (Å²) in [5.74, 6) is -1.08. The normalized spacial score (nSPS) is 12.8. The molecule has 10 heteroatoms. The number of anilines is 2. The van der Waals surface area contributed by atoms with Crippen LogP contribution in [0.3, 0.4) is 0 Å². The zero-order valence-corrected chi connectivity index (χ0v) is 21.0. The van der Waals surface area contributed by atoms with Crippen molar-refractivity contribution in [3.05, 3.63) is 75.1 Å². The molecule has 3 aromatic rings. The number of thiophene rings is 1. The van der Waals surface area contributed by atoms with Gasteiger partial charge < -0.3 is 10.1 Å². The zero-order valence-electron chi connectivity index (χ0n) is 18.6. The van der Waals surface area contributed by atoms with E-state index in [2.05, 4.69) is 5.32 Å². The predicted molar refractivity (Wildman–Crippen MR) is 133 cm³/mol. The Morgan fingerprint density at radius 1 is 1.15 bits per heavy atom. The summed E-state index contributed by atoms with van der Waals surface area (Å²) in [5, 5.41) is 3.54. The second-order valence-electron chi connectivity index (χ2n) is 7.91. The van der Waals surface area contributed by atoms with Crippen LogP contribution in [0, 0.1) is 6.92 Å². The number of hydrogen-bond acceptors (Lipinski definition) is 6. The van der Waals surface area contributed by atoms with E-state index >= 15 is 0 Å². The van der Waals surface area contributed by atoms with Crippen molar-refractivity contribution in [1.29, 1.82) is 0 Å². The van der Waals surface area contributed by atoms with Gasteiger partial charge in [0.2, 0.25) is 5.91 Å². The third kappa shape index (κ3) is 4.82. The van der Waals surface area contributed by atoms with Gasteiger partial charge in [-0.15, -0.1) is 11.3 Å². The number of rotatable bonds is 7. The number of nitrogens with one attached hydrogen (secondary N) is 1. The summed E-state index contributed by atoms with van der Waals surface area (Å²) in [5.41, 5.74) is 2.45. The summed E-state index contributed by atoms with van der Waals surface area (Å²) in [6.45, 7) is 1.37. The molecule has 0 bridgehead atoms. The van der Waals surface area contributed by atoms with Gasteiger partial charge in [0.05, 0.1) is 23.3 Å². The predicted octanol–water partition coefficient (Wildman–Crippen LogP) is 4.82. The number of amides is 1. The molecular formula is C24H23ClN2O5S2.